The minimum Gasteiger partial charge on any atom is -0.384 e. The van der Waals surface area contributed by atoms with Gasteiger partial charge in [0.25, 0.3) is 0 Å². The lowest BCUT2D eigenvalue weighted by molar-refractivity contribution is 0.100. The highest BCUT2D eigenvalue weighted by Crippen LogP contribution is 2.46. The minimum atomic E-state index is -3.44. The van der Waals surface area contributed by atoms with Crippen molar-refractivity contribution in [3.8, 4) is 0 Å². The normalized spacial score (nSPS) is 12.2. The summed E-state index contributed by atoms with van der Waals surface area (Å²) in [5.41, 5.74) is 2.51. The van der Waals surface area contributed by atoms with Crippen LogP contribution in [0.4, 0.5) is 0 Å². The smallest absolute Gasteiger partial charge is 0.337 e. The molecule has 2 heterocycles. The van der Waals surface area contributed by atoms with E-state index in [0.717, 1.165) is 11.1 Å². The van der Waals surface area contributed by atoms with Gasteiger partial charge in [-0.2, -0.15) is 0 Å². The van der Waals surface area contributed by atoms with E-state index in [0.29, 0.717) is 18.7 Å². The molecule has 2 aromatic heterocycles. The molecular weight excluding hydrogens is 345 g/mol. The molecule has 0 spiro atoms. The maximum Gasteiger partial charge on any atom is 0.337 e. The van der Waals surface area contributed by atoms with E-state index in [-0.39, 0.29) is 17.9 Å². The third-order valence-corrected chi connectivity index (χ3v) is 5.70. The fourth-order valence-corrected chi connectivity index (χ4v) is 3.38. The van der Waals surface area contributed by atoms with Crippen LogP contribution in [0.25, 0.3) is 11.2 Å². The Labute approximate surface area is 147 Å². The largest absolute Gasteiger partial charge is 0.384 e. The van der Waals surface area contributed by atoms with Crippen molar-refractivity contribution >= 4 is 24.5 Å². The molecule has 0 aromatic carbocycles. The number of ether oxygens (including phenoxy) is 1. The number of fused-ring (bicyclic) bond motifs is 1. The molecule has 0 N–H and O–H groups in total. The van der Waals surface area contributed by atoms with Crippen LogP contribution in [0.1, 0.15) is 35.9 Å². The summed E-state index contributed by atoms with van der Waals surface area (Å²) in [6.07, 6.45) is 3.72. The molecule has 0 fully saturated rings. The predicted octanol–water partition coefficient (Wildman–Crippen LogP) is 2.87. The molecule has 0 aliphatic heterocycles. The molecule has 0 aliphatic carbocycles. The van der Waals surface area contributed by atoms with Crippen LogP contribution in [0, 0.1) is 0 Å². The Hall–Kier alpha value is -1.60. The van der Waals surface area contributed by atoms with Crippen molar-refractivity contribution in [2.75, 3.05) is 34.1 Å². The van der Waals surface area contributed by atoms with Crippen LogP contribution in [-0.4, -0.2) is 54.4 Å². The summed E-state index contributed by atoms with van der Waals surface area (Å²) < 4.78 is 28.9. The molecule has 0 saturated heterocycles. The Kier molecular flexibility index (Phi) is 6.46. The van der Waals surface area contributed by atoms with Crippen molar-refractivity contribution in [2.24, 2.45) is 0 Å². The van der Waals surface area contributed by atoms with Crippen LogP contribution in [0.3, 0.4) is 0 Å². The number of aromatic nitrogens is 3. The number of methoxy groups -OCH3 is 1. The van der Waals surface area contributed by atoms with Crippen LogP contribution in [0.2, 0.25) is 0 Å². The van der Waals surface area contributed by atoms with Gasteiger partial charge in [-0.05, 0) is 20.3 Å². The van der Waals surface area contributed by atoms with E-state index in [4.69, 9.17) is 13.8 Å². The molecule has 2 aromatic rings. The molecule has 9 heteroatoms. The molecular formula is C16H24N3O5P. The summed E-state index contributed by atoms with van der Waals surface area (Å²) in [5, 5.41) is 0. The fraction of sp³-hybridized carbons (Fsp3) is 0.562. The van der Waals surface area contributed by atoms with Gasteiger partial charge in [-0.1, -0.05) is 0 Å². The van der Waals surface area contributed by atoms with E-state index < -0.39 is 13.4 Å². The average Bonchev–Trinajstić information content (AvgIpc) is 2.97. The molecule has 2 rings (SSSR count). The number of Topliss-reactive ketones (excluding diaryl/α,β-unsaturated/α-hetero) is 1. The molecule has 0 radical (unpaired) electrons. The van der Waals surface area contributed by atoms with E-state index in [1.54, 1.807) is 7.11 Å². The number of hydrogen-bond donors (Lipinski definition) is 0. The standard InChI is InChI=1S/C16H24N3O5P/c1-11(2)19-9-12(6-7-22-3)15-16(19)18-13(8-17-15)14(20)10-25(21,23-4)24-5/h8-9,11H,6-7,10H2,1-5H3. The minimum absolute atomic E-state index is 0.139. The van der Waals surface area contributed by atoms with E-state index in [1.165, 1.54) is 20.4 Å². The Bertz CT molecular complexity index is 794. The monoisotopic (exact) mass is 369 g/mol. The van der Waals surface area contributed by atoms with Crippen LogP contribution in [0.5, 0.6) is 0 Å². The molecule has 25 heavy (non-hydrogen) atoms. The number of carbonyl (C=O) groups is 1. The van der Waals surface area contributed by atoms with Gasteiger partial charge >= 0.3 is 7.60 Å². The SMILES string of the molecule is COCCc1cn(C(C)C)c2nc(C(=O)CP(=O)(OC)OC)cnc12. The van der Waals surface area contributed by atoms with Crippen LogP contribution >= 0.6 is 7.60 Å². The second-order valence-electron chi connectivity index (χ2n) is 5.88. The van der Waals surface area contributed by atoms with Gasteiger partial charge in [0.1, 0.15) is 17.4 Å². The summed E-state index contributed by atoms with van der Waals surface area (Å²) in [4.78, 5) is 21.3. The summed E-state index contributed by atoms with van der Waals surface area (Å²) in [5.74, 6) is -0.434. The maximum atomic E-state index is 12.4. The van der Waals surface area contributed by atoms with Crippen LogP contribution in [0.15, 0.2) is 12.4 Å². The number of carbonyl (C=O) groups excluding carboxylic acids is 1. The van der Waals surface area contributed by atoms with Gasteiger partial charge < -0.3 is 18.4 Å². The lowest BCUT2D eigenvalue weighted by atomic mass is 10.2. The number of hydrogen-bond acceptors (Lipinski definition) is 7. The van der Waals surface area contributed by atoms with Crippen LogP contribution in [-0.2, 0) is 24.8 Å². The summed E-state index contributed by atoms with van der Waals surface area (Å²) in [7, 11) is 0.699. The first-order valence-electron chi connectivity index (χ1n) is 7.94. The Morgan fingerprint density at radius 2 is 1.96 bits per heavy atom. The van der Waals surface area contributed by atoms with Gasteiger partial charge in [-0.25, -0.2) is 4.98 Å². The molecule has 0 saturated carbocycles. The van der Waals surface area contributed by atoms with Crippen molar-refractivity contribution in [3.63, 3.8) is 0 Å². The Balaban J connectivity index is 2.42. The highest BCUT2D eigenvalue weighted by atomic mass is 31.2. The molecule has 0 bridgehead atoms. The van der Waals surface area contributed by atoms with Crippen molar-refractivity contribution in [1.82, 2.24) is 14.5 Å². The maximum absolute atomic E-state index is 12.4. The Morgan fingerprint density at radius 3 is 2.52 bits per heavy atom. The first kappa shape index (κ1) is 19.7. The van der Waals surface area contributed by atoms with Crippen molar-refractivity contribution in [3.05, 3.63) is 23.7 Å². The number of nitrogens with zero attached hydrogens (tertiary/aromatic N) is 3. The van der Waals surface area contributed by atoms with E-state index in [1.807, 2.05) is 24.6 Å². The van der Waals surface area contributed by atoms with Gasteiger partial charge in [0.05, 0.1) is 12.8 Å². The first-order valence-corrected chi connectivity index (χ1v) is 9.67. The second kappa shape index (κ2) is 8.19. The molecule has 8 nitrogen and oxygen atoms in total. The van der Waals surface area contributed by atoms with Crippen molar-refractivity contribution in [2.45, 2.75) is 26.3 Å². The molecule has 138 valence electrons. The van der Waals surface area contributed by atoms with Gasteiger partial charge in [0.15, 0.2) is 11.4 Å². The average molecular weight is 369 g/mol. The van der Waals surface area contributed by atoms with Crippen molar-refractivity contribution in [1.29, 1.82) is 0 Å². The van der Waals surface area contributed by atoms with E-state index in [9.17, 15) is 9.36 Å². The number of rotatable bonds is 9. The highest BCUT2D eigenvalue weighted by molar-refractivity contribution is 7.54. The van der Waals surface area contributed by atoms with Gasteiger partial charge in [0, 0.05) is 39.1 Å². The fourth-order valence-electron chi connectivity index (χ4n) is 2.46. The molecule has 0 amide bonds. The highest BCUT2D eigenvalue weighted by Gasteiger charge is 2.27. The van der Waals surface area contributed by atoms with Gasteiger partial charge in [0.2, 0.25) is 0 Å². The first-order chi connectivity index (χ1) is 11.8. The Morgan fingerprint density at radius 1 is 1.28 bits per heavy atom. The topological polar surface area (TPSA) is 92.5 Å². The summed E-state index contributed by atoms with van der Waals surface area (Å²) >= 11 is 0. The number of ketones is 1. The lowest BCUT2D eigenvalue weighted by Crippen LogP contribution is -2.11. The second-order valence-corrected chi connectivity index (χ2v) is 8.15. The lowest BCUT2D eigenvalue weighted by Gasteiger charge is -2.12. The predicted molar refractivity (Wildman–Crippen MR) is 94.3 cm³/mol. The van der Waals surface area contributed by atoms with E-state index in [2.05, 4.69) is 9.97 Å². The zero-order chi connectivity index (χ0) is 18.6. The van der Waals surface area contributed by atoms with Crippen molar-refractivity contribution < 1.29 is 23.1 Å². The van der Waals surface area contributed by atoms with E-state index >= 15 is 0 Å². The third-order valence-electron chi connectivity index (χ3n) is 3.91. The quantitative estimate of drug-likeness (QED) is 0.496. The van der Waals surface area contributed by atoms with Crippen LogP contribution < -0.4 is 0 Å². The third kappa shape index (κ3) is 4.33. The molecule has 0 aliphatic rings. The zero-order valence-electron chi connectivity index (χ0n) is 15.2. The summed E-state index contributed by atoms with van der Waals surface area (Å²) in [6.45, 7) is 4.63. The van der Waals surface area contributed by atoms with Gasteiger partial charge in [-0.15, -0.1) is 0 Å². The van der Waals surface area contributed by atoms with Gasteiger partial charge in [-0.3, -0.25) is 14.3 Å². The molecule has 0 atom stereocenters. The summed E-state index contributed by atoms with van der Waals surface area (Å²) in [6, 6.07) is 0.155. The molecule has 0 unspecified atom stereocenters. The zero-order valence-corrected chi connectivity index (χ0v) is 16.1.